The third kappa shape index (κ3) is 4.72. The molecule has 1 saturated heterocycles. The highest BCUT2D eigenvalue weighted by molar-refractivity contribution is 7.89. The van der Waals surface area contributed by atoms with Crippen LogP contribution in [0.2, 0.25) is 5.02 Å². The lowest BCUT2D eigenvalue weighted by Gasteiger charge is -2.34. The summed E-state index contributed by atoms with van der Waals surface area (Å²) in [5, 5.41) is 13.9. The van der Waals surface area contributed by atoms with E-state index >= 15 is 0 Å². The molecule has 3 rings (SSSR count). The molecule has 30 heavy (non-hydrogen) atoms. The monoisotopic (exact) mass is 452 g/mol. The van der Waals surface area contributed by atoms with Crippen LogP contribution in [0.25, 0.3) is 0 Å². The number of benzene rings is 2. The van der Waals surface area contributed by atoms with Gasteiger partial charge in [-0.25, -0.2) is 13.2 Å². The Bertz CT molecular complexity index is 1050. The topological polar surface area (TPSA) is 113 Å². The summed E-state index contributed by atoms with van der Waals surface area (Å²) in [6.07, 6.45) is 0. The van der Waals surface area contributed by atoms with Gasteiger partial charge in [0.15, 0.2) is 0 Å². The summed E-state index contributed by atoms with van der Waals surface area (Å²) in [6.45, 7) is 2.46. The van der Waals surface area contributed by atoms with E-state index in [2.05, 4.69) is 5.32 Å². The van der Waals surface area contributed by atoms with Gasteiger partial charge in [-0.3, -0.25) is 10.1 Å². The molecule has 2 amide bonds. The Morgan fingerprint density at radius 3 is 2.43 bits per heavy atom. The molecule has 1 aliphatic heterocycles. The van der Waals surface area contributed by atoms with Crippen molar-refractivity contribution in [3.05, 3.63) is 69.2 Å². The number of nitro benzene ring substituents is 1. The highest BCUT2D eigenvalue weighted by Crippen LogP contribution is 2.25. The van der Waals surface area contributed by atoms with Crippen LogP contribution < -0.4 is 5.32 Å². The van der Waals surface area contributed by atoms with Gasteiger partial charge in [0.25, 0.3) is 5.69 Å². The zero-order valence-corrected chi connectivity index (χ0v) is 17.8. The van der Waals surface area contributed by atoms with Gasteiger partial charge in [-0.2, -0.15) is 4.31 Å². The van der Waals surface area contributed by atoms with Crippen LogP contribution in [0.5, 0.6) is 0 Å². The van der Waals surface area contributed by atoms with E-state index in [1.54, 1.807) is 31.2 Å². The number of hydrogen-bond donors (Lipinski definition) is 1. The summed E-state index contributed by atoms with van der Waals surface area (Å²) in [5.74, 6) is 0. The second kappa shape index (κ2) is 8.99. The summed E-state index contributed by atoms with van der Waals surface area (Å²) in [4.78, 5) is 24.6. The number of nitrogens with zero attached hydrogens (tertiary/aromatic N) is 3. The van der Waals surface area contributed by atoms with Gasteiger partial charge in [-0.05, 0) is 24.6 Å². The molecule has 9 nitrogen and oxygen atoms in total. The van der Waals surface area contributed by atoms with Crippen LogP contribution in [0.3, 0.4) is 0 Å². The zero-order valence-electron chi connectivity index (χ0n) is 16.2. The van der Waals surface area contributed by atoms with Gasteiger partial charge >= 0.3 is 6.03 Å². The molecule has 0 bridgehead atoms. The SMILES string of the molecule is CC(NC(=O)N1CCN(S(=O)(=O)c2ccccc2Cl)CC1)c1cccc([N+](=O)[O-])c1. The molecule has 160 valence electrons. The largest absolute Gasteiger partial charge is 0.331 e. The number of nitrogens with one attached hydrogen (secondary N) is 1. The lowest BCUT2D eigenvalue weighted by molar-refractivity contribution is -0.384. The minimum absolute atomic E-state index is 0.0452. The second-order valence-electron chi connectivity index (χ2n) is 6.84. The van der Waals surface area contributed by atoms with Gasteiger partial charge in [0, 0.05) is 38.3 Å². The van der Waals surface area contributed by atoms with Crippen molar-refractivity contribution in [2.24, 2.45) is 0 Å². The predicted molar refractivity (Wildman–Crippen MR) is 112 cm³/mol. The van der Waals surface area contributed by atoms with E-state index in [9.17, 15) is 23.3 Å². The molecule has 2 aromatic rings. The molecule has 0 radical (unpaired) electrons. The number of hydrogen-bond acceptors (Lipinski definition) is 5. The Hall–Kier alpha value is -2.69. The van der Waals surface area contributed by atoms with Crippen LogP contribution in [0, 0.1) is 10.1 Å². The third-order valence-electron chi connectivity index (χ3n) is 4.90. The minimum atomic E-state index is -3.74. The number of carbonyl (C=O) groups is 1. The van der Waals surface area contributed by atoms with Crippen LogP contribution in [-0.2, 0) is 10.0 Å². The second-order valence-corrected chi connectivity index (χ2v) is 9.16. The molecular weight excluding hydrogens is 432 g/mol. The average Bonchev–Trinajstić information content (AvgIpc) is 2.74. The van der Waals surface area contributed by atoms with Crippen LogP contribution in [0.1, 0.15) is 18.5 Å². The lowest BCUT2D eigenvalue weighted by Crippen LogP contribution is -2.53. The maximum Gasteiger partial charge on any atom is 0.317 e. The zero-order chi connectivity index (χ0) is 21.9. The van der Waals surface area contributed by atoms with E-state index in [0.29, 0.717) is 5.56 Å². The molecule has 0 aromatic heterocycles. The Morgan fingerprint density at radius 2 is 1.80 bits per heavy atom. The Balaban J connectivity index is 1.61. The number of urea groups is 1. The Labute approximate surface area is 179 Å². The molecule has 1 fully saturated rings. The molecule has 11 heteroatoms. The molecule has 0 aliphatic carbocycles. The number of rotatable bonds is 5. The highest BCUT2D eigenvalue weighted by Gasteiger charge is 2.31. The summed E-state index contributed by atoms with van der Waals surface area (Å²) in [6, 6.07) is 11.5. The average molecular weight is 453 g/mol. The van der Waals surface area contributed by atoms with Crippen molar-refractivity contribution in [3.63, 3.8) is 0 Å². The van der Waals surface area contributed by atoms with Crippen molar-refractivity contribution in [1.29, 1.82) is 0 Å². The molecule has 2 aromatic carbocycles. The Kier molecular flexibility index (Phi) is 6.59. The Morgan fingerprint density at radius 1 is 1.13 bits per heavy atom. The van der Waals surface area contributed by atoms with E-state index < -0.39 is 21.0 Å². The molecular formula is C19H21ClN4O5S. The van der Waals surface area contributed by atoms with Gasteiger partial charge in [-0.15, -0.1) is 0 Å². The van der Waals surface area contributed by atoms with Crippen LogP contribution in [0.15, 0.2) is 53.4 Å². The van der Waals surface area contributed by atoms with E-state index in [1.807, 2.05) is 0 Å². The fourth-order valence-corrected chi connectivity index (χ4v) is 5.11. The van der Waals surface area contributed by atoms with Crippen molar-refractivity contribution in [2.75, 3.05) is 26.2 Å². The number of piperazine rings is 1. The van der Waals surface area contributed by atoms with E-state index in [0.717, 1.165) is 0 Å². The van der Waals surface area contributed by atoms with E-state index in [4.69, 9.17) is 11.6 Å². The van der Waals surface area contributed by atoms with Crippen LogP contribution in [0.4, 0.5) is 10.5 Å². The molecule has 0 spiro atoms. The van der Waals surface area contributed by atoms with Gasteiger partial charge in [0.1, 0.15) is 4.90 Å². The summed E-state index contributed by atoms with van der Waals surface area (Å²) in [5.41, 5.74) is 0.560. The number of halogens is 1. The van der Waals surface area contributed by atoms with Gasteiger partial charge in [0.05, 0.1) is 16.0 Å². The van der Waals surface area contributed by atoms with Gasteiger partial charge in [-0.1, -0.05) is 35.9 Å². The minimum Gasteiger partial charge on any atom is -0.331 e. The number of nitro groups is 1. The third-order valence-corrected chi connectivity index (χ3v) is 7.30. The molecule has 1 N–H and O–H groups in total. The quantitative estimate of drug-likeness (QED) is 0.553. The molecule has 1 atom stereocenters. The first-order chi connectivity index (χ1) is 14.2. The van der Waals surface area contributed by atoms with Crippen LogP contribution >= 0.6 is 11.6 Å². The van der Waals surface area contributed by atoms with Crippen LogP contribution in [-0.4, -0.2) is 54.8 Å². The maximum absolute atomic E-state index is 12.8. The standard InChI is InChI=1S/C19H21ClN4O5S/c1-14(15-5-4-6-16(13-15)24(26)27)21-19(25)22-9-11-23(12-10-22)30(28,29)18-8-3-2-7-17(18)20/h2-8,13-14H,9-12H2,1H3,(H,21,25). The van der Waals surface area contributed by atoms with Crippen molar-refractivity contribution >= 4 is 33.3 Å². The fraction of sp³-hybridized carbons (Fsp3) is 0.316. The van der Waals surface area contributed by atoms with Crippen molar-refractivity contribution in [3.8, 4) is 0 Å². The molecule has 1 aliphatic rings. The summed E-state index contributed by atoms with van der Waals surface area (Å²) < 4.78 is 26.9. The molecule has 1 heterocycles. The van der Waals surface area contributed by atoms with Crippen molar-refractivity contribution < 1.29 is 18.1 Å². The number of non-ortho nitro benzene ring substituents is 1. The fourth-order valence-electron chi connectivity index (χ4n) is 3.19. The first-order valence-electron chi connectivity index (χ1n) is 9.24. The molecule has 0 saturated carbocycles. The normalized spacial score (nSPS) is 16.1. The van der Waals surface area contributed by atoms with Gasteiger partial charge < -0.3 is 10.2 Å². The number of amides is 2. The number of sulfonamides is 1. The lowest BCUT2D eigenvalue weighted by atomic mass is 10.1. The van der Waals surface area contributed by atoms with E-state index in [-0.39, 0.29) is 47.8 Å². The summed E-state index contributed by atoms with van der Waals surface area (Å²) in [7, 11) is -3.74. The maximum atomic E-state index is 12.8. The predicted octanol–water partition coefficient (Wildman–Crippen LogP) is 3.03. The number of carbonyl (C=O) groups excluding carboxylic acids is 1. The molecule has 1 unspecified atom stereocenters. The van der Waals surface area contributed by atoms with Crippen molar-refractivity contribution in [1.82, 2.24) is 14.5 Å². The van der Waals surface area contributed by atoms with E-state index in [1.165, 1.54) is 33.5 Å². The van der Waals surface area contributed by atoms with Crippen molar-refractivity contribution in [2.45, 2.75) is 17.9 Å². The van der Waals surface area contributed by atoms with Gasteiger partial charge in [0.2, 0.25) is 10.0 Å². The summed E-state index contributed by atoms with van der Waals surface area (Å²) >= 11 is 6.03. The smallest absolute Gasteiger partial charge is 0.317 e. The first-order valence-corrected chi connectivity index (χ1v) is 11.1. The first kappa shape index (κ1) is 22.0. The highest BCUT2D eigenvalue weighted by atomic mass is 35.5.